The Morgan fingerprint density at radius 1 is 0.622 bits per heavy atom. The average Bonchev–Trinajstić information content (AvgIpc) is 2.95. The van der Waals surface area contributed by atoms with E-state index in [1.54, 1.807) is 0 Å². The van der Waals surface area contributed by atoms with E-state index in [1.807, 2.05) is 133 Å². The maximum atomic E-state index is 14.5. The molecule has 4 heteroatoms. The fraction of sp³-hybridized carbons (Fsp3) is 0.0909. The quantitative estimate of drug-likeness (QED) is 0.290. The van der Waals surface area contributed by atoms with E-state index in [-0.39, 0.29) is 5.91 Å². The van der Waals surface area contributed by atoms with Crippen LogP contribution in [0.5, 0.6) is 0 Å². The molecule has 0 bridgehead atoms. The summed E-state index contributed by atoms with van der Waals surface area (Å²) in [6.45, 7) is 0. The highest BCUT2D eigenvalue weighted by molar-refractivity contribution is 5.98. The molecule has 0 heterocycles. The second-order valence-electron chi connectivity index (χ2n) is 9.16. The van der Waals surface area contributed by atoms with Crippen molar-refractivity contribution in [2.24, 2.45) is 5.73 Å². The number of carbonyl (C=O) groups excluding carboxylic acids is 2. The number of fused-ring (bicyclic) bond motifs is 1. The fourth-order valence-corrected chi connectivity index (χ4v) is 5.05. The molecule has 0 aliphatic rings. The molecule has 5 rings (SSSR count). The Labute approximate surface area is 216 Å². The van der Waals surface area contributed by atoms with Gasteiger partial charge in [0.1, 0.15) is 11.5 Å². The van der Waals surface area contributed by atoms with E-state index in [2.05, 4.69) is 5.32 Å². The number of nitrogens with one attached hydrogen (secondary N) is 1. The van der Waals surface area contributed by atoms with Crippen molar-refractivity contribution in [3.63, 3.8) is 0 Å². The summed E-state index contributed by atoms with van der Waals surface area (Å²) >= 11 is 0. The summed E-state index contributed by atoms with van der Waals surface area (Å²) in [6, 6.07) is 42.2. The van der Waals surface area contributed by atoms with Crippen LogP contribution in [0, 0.1) is 0 Å². The van der Waals surface area contributed by atoms with Gasteiger partial charge in [0.15, 0.2) is 0 Å². The van der Waals surface area contributed by atoms with Crippen LogP contribution < -0.4 is 11.1 Å². The number of carbonyl (C=O) groups is 2. The largest absolute Gasteiger partial charge is 0.368 e. The first-order chi connectivity index (χ1) is 18.1. The van der Waals surface area contributed by atoms with Crippen LogP contribution in [0.2, 0.25) is 0 Å². The van der Waals surface area contributed by atoms with E-state index in [0.29, 0.717) is 6.42 Å². The van der Waals surface area contributed by atoms with E-state index in [0.717, 1.165) is 33.0 Å². The minimum Gasteiger partial charge on any atom is -0.368 e. The van der Waals surface area contributed by atoms with Gasteiger partial charge in [-0.3, -0.25) is 9.59 Å². The van der Waals surface area contributed by atoms with Gasteiger partial charge >= 0.3 is 0 Å². The minimum absolute atomic E-state index is 0.292. The van der Waals surface area contributed by atoms with Crippen LogP contribution in [0.3, 0.4) is 0 Å². The summed E-state index contributed by atoms with van der Waals surface area (Å²) in [6.07, 6.45) is 0.292. The van der Waals surface area contributed by atoms with Gasteiger partial charge in [-0.1, -0.05) is 133 Å². The molecule has 0 unspecified atom stereocenters. The van der Waals surface area contributed by atoms with Crippen molar-refractivity contribution >= 4 is 22.6 Å². The molecule has 0 aliphatic carbocycles. The van der Waals surface area contributed by atoms with Crippen molar-refractivity contribution in [1.82, 2.24) is 5.32 Å². The summed E-state index contributed by atoms with van der Waals surface area (Å²) in [4.78, 5) is 27.1. The fourth-order valence-electron chi connectivity index (χ4n) is 5.05. The van der Waals surface area contributed by atoms with E-state index in [1.165, 1.54) is 0 Å². The Morgan fingerprint density at radius 3 is 1.57 bits per heavy atom. The molecule has 2 amide bonds. The third-order valence-electron chi connectivity index (χ3n) is 6.86. The molecule has 0 spiro atoms. The summed E-state index contributed by atoms with van der Waals surface area (Å²) in [5.74, 6) is -0.884. The van der Waals surface area contributed by atoms with Gasteiger partial charge in [-0.05, 0) is 33.0 Å². The van der Waals surface area contributed by atoms with Crippen molar-refractivity contribution in [1.29, 1.82) is 0 Å². The van der Waals surface area contributed by atoms with Crippen molar-refractivity contribution in [2.75, 3.05) is 0 Å². The number of primary amides is 1. The first-order valence-electron chi connectivity index (χ1n) is 12.3. The molecule has 0 fully saturated rings. The number of hydrogen-bond acceptors (Lipinski definition) is 2. The number of rotatable bonds is 8. The highest BCUT2D eigenvalue weighted by Gasteiger charge is 2.44. The first kappa shape index (κ1) is 24.0. The van der Waals surface area contributed by atoms with E-state index in [9.17, 15) is 9.59 Å². The highest BCUT2D eigenvalue weighted by atomic mass is 16.2. The molecule has 0 saturated carbocycles. The zero-order valence-corrected chi connectivity index (χ0v) is 20.4. The Balaban J connectivity index is 1.59. The van der Waals surface area contributed by atoms with Crippen LogP contribution in [0.25, 0.3) is 10.8 Å². The molecule has 5 aromatic carbocycles. The van der Waals surface area contributed by atoms with Crippen LogP contribution >= 0.6 is 0 Å². The highest BCUT2D eigenvalue weighted by Crippen LogP contribution is 2.39. The zero-order valence-electron chi connectivity index (χ0n) is 20.4. The lowest BCUT2D eigenvalue weighted by Crippen LogP contribution is -2.54. The van der Waals surface area contributed by atoms with Crippen LogP contribution in [0.1, 0.15) is 22.3 Å². The lowest BCUT2D eigenvalue weighted by atomic mass is 9.68. The van der Waals surface area contributed by atoms with Gasteiger partial charge in [0, 0.05) is 6.42 Å². The van der Waals surface area contributed by atoms with Gasteiger partial charge in [-0.25, -0.2) is 0 Å². The van der Waals surface area contributed by atoms with Crippen LogP contribution in [-0.4, -0.2) is 17.9 Å². The SMILES string of the molecule is NC(=O)[C@H](Cc1ccc2ccccc2c1)NC(=O)C(c1ccccc1)(c1ccccc1)c1ccccc1. The third-order valence-corrected chi connectivity index (χ3v) is 6.86. The molecule has 4 nitrogen and oxygen atoms in total. The smallest absolute Gasteiger partial charge is 0.240 e. The molecule has 0 aliphatic heterocycles. The molecule has 3 N–H and O–H groups in total. The molecular weight excluding hydrogens is 456 g/mol. The van der Waals surface area contributed by atoms with Gasteiger partial charge in [0.25, 0.3) is 0 Å². The molecule has 0 saturated heterocycles. The molecule has 182 valence electrons. The second-order valence-corrected chi connectivity index (χ2v) is 9.16. The normalized spacial score (nSPS) is 12.1. The van der Waals surface area contributed by atoms with E-state index >= 15 is 0 Å². The number of nitrogens with two attached hydrogens (primary N) is 1. The van der Waals surface area contributed by atoms with Crippen LogP contribution in [-0.2, 0) is 21.4 Å². The van der Waals surface area contributed by atoms with Crippen molar-refractivity contribution < 1.29 is 9.59 Å². The lowest BCUT2D eigenvalue weighted by Gasteiger charge is -2.35. The van der Waals surface area contributed by atoms with Crippen molar-refractivity contribution in [3.05, 3.63) is 156 Å². The van der Waals surface area contributed by atoms with Gasteiger partial charge in [0.05, 0.1) is 0 Å². The van der Waals surface area contributed by atoms with E-state index in [4.69, 9.17) is 5.73 Å². The summed E-state index contributed by atoms with van der Waals surface area (Å²) in [7, 11) is 0. The Bertz CT molecular complexity index is 1420. The molecular formula is C33H28N2O2. The molecule has 1 atom stereocenters. The monoisotopic (exact) mass is 484 g/mol. The minimum atomic E-state index is -1.18. The van der Waals surface area contributed by atoms with Gasteiger partial charge in [-0.15, -0.1) is 0 Å². The summed E-state index contributed by atoms with van der Waals surface area (Å²) < 4.78 is 0. The van der Waals surface area contributed by atoms with Crippen LogP contribution in [0.4, 0.5) is 0 Å². The zero-order chi connectivity index (χ0) is 25.7. The van der Waals surface area contributed by atoms with Gasteiger partial charge in [0.2, 0.25) is 11.8 Å². The Hall–Kier alpha value is -4.70. The standard InChI is InChI=1S/C33H28N2O2/c34-31(36)30(23-24-20-21-25-12-10-11-13-26(25)22-24)35-32(37)33(27-14-4-1-5-15-27,28-16-6-2-7-17-28)29-18-8-3-9-19-29/h1-22,30H,23H2,(H2,34,36)(H,35,37)/t30-/m0/s1. The van der Waals surface area contributed by atoms with Crippen molar-refractivity contribution in [2.45, 2.75) is 17.9 Å². The second kappa shape index (κ2) is 10.5. The first-order valence-corrected chi connectivity index (χ1v) is 12.3. The summed E-state index contributed by atoms with van der Waals surface area (Å²) in [5.41, 5.74) is 8.01. The Kier molecular flexibility index (Phi) is 6.82. The maximum Gasteiger partial charge on any atom is 0.240 e. The number of benzene rings is 5. The lowest BCUT2D eigenvalue weighted by molar-refractivity contribution is -0.129. The number of hydrogen-bond donors (Lipinski definition) is 2. The molecule has 0 radical (unpaired) electrons. The van der Waals surface area contributed by atoms with Gasteiger partial charge < -0.3 is 11.1 Å². The van der Waals surface area contributed by atoms with Crippen LogP contribution in [0.15, 0.2) is 133 Å². The predicted octanol–water partition coefficient (Wildman–Crippen LogP) is 5.39. The predicted molar refractivity (Wildman–Crippen MR) is 148 cm³/mol. The molecule has 5 aromatic rings. The maximum absolute atomic E-state index is 14.5. The van der Waals surface area contributed by atoms with E-state index < -0.39 is 17.4 Å². The molecule has 0 aromatic heterocycles. The summed E-state index contributed by atoms with van der Waals surface area (Å²) in [5, 5.41) is 5.22. The van der Waals surface area contributed by atoms with Crippen molar-refractivity contribution in [3.8, 4) is 0 Å². The Morgan fingerprint density at radius 2 is 1.08 bits per heavy atom. The van der Waals surface area contributed by atoms with Gasteiger partial charge in [-0.2, -0.15) is 0 Å². The average molecular weight is 485 g/mol. The molecule has 37 heavy (non-hydrogen) atoms. The third kappa shape index (κ3) is 4.74. The number of amides is 2. The topological polar surface area (TPSA) is 72.2 Å².